The van der Waals surface area contributed by atoms with Crippen LogP contribution in [-0.4, -0.2) is 15.9 Å². The van der Waals surface area contributed by atoms with E-state index in [-0.39, 0.29) is 0 Å². The highest BCUT2D eigenvalue weighted by molar-refractivity contribution is 5.69. The fraction of sp³-hybridized carbons (Fsp3) is 0.316. The molecule has 0 radical (unpaired) electrons. The number of fused-ring (bicyclic) bond motifs is 1. The van der Waals surface area contributed by atoms with Gasteiger partial charge < -0.3 is 5.73 Å². The van der Waals surface area contributed by atoms with Gasteiger partial charge in [-0.05, 0) is 36.6 Å². The summed E-state index contributed by atoms with van der Waals surface area (Å²) in [6.07, 6.45) is 2.88. The van der Waals surface area contributed by atoms with E-state index in [1.165, 1.54) is 22.4 Å². The third-order valence-electron chi connectivity index (χ3n) is 4.15. The quantitative estimate of drug-likeness (QED) is 0.792. The first-order chi connectivity index (χ1) is 10.6. The van der Waals surface area contributed by atoms with Crippen LogP contribution < -0.4 is 5.73 Å². The van der Waals surface area contributed by atoms with Gasteiger partial charge in [-0.3, -0.25) is 4.40 Å². The summed E-state index contributed by atoms with van der Waals surface area (Å²) in [5.41, 5.74) is 12.8. The zero-order chi connectivity index (χ0) is 15.7. The van der Waals surface area contributed by atoms with Crippen molar-refractivity contribution in [1.29, 1.82) is 0 Å². The average molecular weight is 293 g/mol. The van der Waals surface area contributed by atoms with Crippen LogP contribution in [0.25, 0.3) is 16.9 Å². The maximum absolute atomic E-state index is 5.78. The van der Waals surface area contributed by atoms with Crippen molar-refractivity contribution in [2.45, 2.75) is 33.1 Å². The number of rotatable bonds is 4. The molecule has 1 aromatic carbocycles. The summed E-state index contributed by atoms with van der Waals surface area (Å²) in [5.74, 6) is 0.544. The third-order valence-corrected chi connectivity index (χ3v) is 4.15. The molecule has 2 heterocycles. The van der Waals surface area contributed by atoms with Crippen molar-refractivity contribution in [3.8, 4) is 11.3 Å². The average Bonchev–Trinajstić information content (AvgIpc) is 2.87. The number of hydrogen-bond donors (Lipinski definition) is 1. The molecule has 22 heavy (non-hydrogen) atoms. The molecule has 0 aliphatic heterocycles. The van der Waals surface area contributed by atoms with Gasteiger partial charge in [-0.15, -0.1) is 0 Å². The fourth-order valence-corrected chi connectivity index (χ4v) is 2.89. The second-order valence-electron chi connectivity index (χ2n) is 6.11. The molecule has 0 aliphatic rings. The van der Waals surface area contributed by atoms with E-state index in [4.69, 9.17) is 10.7 Å². The highest BCUT2D eigenvalue weighted by Crippen LogP contribution is 2.28. The number of hydrogen-bond acceptors (Lipinski definition) is 2. The predicted octanol–water partition coefficient (Wildman–Crippen LogP) is 3.93. The molecule has 0 spiro atoms. The van der Waals surface area contributed by atoms with Crippen molar-refractivity contribution >= 4 is 5.65 Å². The minimum atomic E-state index is 0.544. The molecule has 2 aromatic heterocycles. The Morgan fingerprint density at radius 3 is 2.50 bits per heavy atom. The number of aryl methyl sites for hydroxylation is 1. The molecular formula is C19H23N3. The lowest BCUT2D eigenvalue weighted by Gasteiger charge is -2.09. The highest BCUT2D eigenvalue weighted by atomic mass is 15.0. The number of nitrogens with zero attached hydrogens (tertiary/aromatic N) is 2. The smallest absolute Gasteiger partial charge is 0.140 e. The van der Waals surface area contributed by atoms with E-state index in [9.17, 15) is 0 Å². The van der Waals surface area contributed by atoms with Gasteiger partial charge in [0, 0.05) is 18.2 Å². The van der Waals surface area contributed by atoms with Gasteiger partial charge in [0.15, 0.2) is 0 Å². The lowest BCUT2D eigenvalue weighted by Crippen LogP contribution is -2.04. The first-order valence-electron chi connectivity index (χ1n) is 7.88. The first kappa shape index (κ1) is 14.8. The molecule has 114 valence electrons. The predicted molar refractivity (Wildman–Crippen MR) is 92.2 cm³/mol. The van der Waals surface area contributed by atoms with Gasteiger partial charge in [-0.1, -0.05) is 44.2 Å². The van der Waals surface area contributed by atoms with Gasteiger partial charge in [0.1, 0.15) is 5.65 Å². The third kappa shape index (κ3) is 2.53. The van der Waals surface area contributed by atoms with Crippen molar-refractivity contribution in [3.05, 3.63) is 59.4 Å². The van der Waals surface area contributed by atoms with Crippen molar-refractivity contribution in [2.75, 3.05) is 6.54 Å². The van der Waals surface area contributed by atoms with Crippen LogP contribution in [0, 0.1) is 6.92 Å². The summed E-state index contributed by atoms with van der Waals surface area (Å²) in [4.78, 5) is 4.82. The van der Waals surface area contributed by atoms with Crippen molar-refractivity contribution < 1.29 is 0 Å². The molecule has 3 heteroatoms. The number of pyridine rings is 1. The van der Waals surface area contributed by atoms with Crippen LogP contribution in [0.5, 0.6) is 0 Å². The molecule has 0 saturated carbocycles. The zero-order valence-electron chi connectivity index (χ0n) is 13.5. The molecule has 3 aromatic rings. The topological polar surface area (TPSA) is 43.3 Å². The van der Waals surface area contributed by atoms with E-state index in [2.05, 4.69) is 67.8 Å². The summed E-state index contributed by atoms with van der Waals surface area (Å²) in [7, 11) is 0. The van der Waals surface area contributed by atoms with Gasteiger partial charge in [0.2, 0.25) is 0 Å². The van der Waals surface area contributed by atoms with E-state index in [1.807, 2.05) is 0 Å². The summed E-state index contributed by atoms with van der Waals surface area (Å²) < 4.78 is 2.19. The van der Waals surface area contributed by atoms with E-state index in [1.54, 1.807) is 0 Å². The Balaban J connectivity index is 2.19. The summed E-state index contributed by atoms with van der Waals surface area (Å²) in [5, 5.41) is 0. The maximum Gasteiger partial charge on any atom is 0.140 e. The second kappa shape index (κ2) is 5.93. The molecule has 0 aliphatic carbocycles. The molecule has 0 atom stereocenters. The van der Waals surface area contributed by atoms with Gasteiger partial charge in [0.05, 0.1) is 11.4 Å². The monoisotopic (exact) mass is 293 g/mol. The van der Waals surface area contributed by atoms with E-state index >= 15 is 0 Å². The molecule has 3 nitrogen and oxygen atoms in total. The van der Waals surface area contributed by atoms with Crippen LogP contribution in [0.4, 0.5) is 0 Å². The standard InChI is InChI=1S/C19H23N3/c1-13(2)15-6-8-16(9-7-15)18-17(10-11-20)21-19-14(3)5-4-12-22(18)19/h4-9,12-13H,10-11,20H2,1-3H3. The van der Waals surface area contributed by atoms with Gasteiger partial charge in [-0.25, -0.2) is 4.98 Å². The van der Waals surface area contributed by atoms with Gasteiger partial charge in [-0.2, -0.15) is 0 Å². The lowest BCUT2D eigenvalue weighted by atomic mass is 10.00. The maximum atomic E-state index is 5.78. The number of nitrogens with two attached hydrogens (primary N) is 1. The molecule has 2 N–H and O–H groups in total. The Labute approximate surface area is 131 Å². The Kier molecular flexibility index (Phi) is 3.99. The Morgan fingerprint density at radius 2 is 1.86 bits per heavy atom. The first-order valence-corrected chi connectivity index (χ1v) is 7.88. The second-order valence-corrected chi connectivity index (χ2v) is 6.11. The van der Waals surface area contributed by atoms with Gasteiger partial charge in [0.25, 0.3) is 0 Å². The Bertz CT molecular complexity index is 782. The minimum Gasteiger partial charge on any atom is -0.330 e. The van der Waals surface area contributed by atoms with Crippen molar-refractivity contribution in [3.63, 3.8) is 0 Å². The van der Waals surface area contributed by atoms with Crippen LogP contribution in [0.3, 0.4) is 0 Å². The zero-order valence-corrected chi connectivity index (χ0v) is 13.5. The minimum absolute atomic E-state index is 0.544. The van der Waals surface area contributed by atoms with Crippen molar-refractivity contribution in [2.24, 2.45) is 5.73 Å². The Morgan fingerprint density at radius 1 is 1.14 bits per heavy atom. The molecule has 0 amide bonds. The van der Waals surface area contributed by atoms with Crippen LogP contribution in [0.15, 0.2) is 42.6 Å². The molecular weight excluding hydrogens is 270 g/mol. The highest BCUT2D eigenvalue weighted by Gasteiger charge is 2.14. The van der Waals surface area contributed by atoms with Crippen molar-refractivity contribution in [1.82, 2.24) is 9.38 Å². The molecule has 0 saturated heterocycles. The van der Waals surface area contributed by atoms with Crippen LogP contribution in [-0.2, 0) is 6.42 Å². The number of benzene rings is 1. The van der Waals surface area contributed by atoms with Crippen LogP contribution >= 0.6 is 0 Å². The normalized spacial score (nSPS) is 11.5. The summed E-state index contributed by atoms with van der Waals surface area (Å²) >= 11 is 0. The Hall–Kier alpha value is -2.13. The molecule has 0 unspecified atom stereocenters. The molecule has 3 rings (SSSR count). The largest absolute Gasteiger partial charge is 0.330 e. The molecule has 0 fully saturated rings. The van der Waals surface area contributed by atoms with E-state index in [0.717, 1.165) is 17.8 Å². The summed E-state index contributed by atoms with van der Waals surface area (Å²) in [6, 6.07) is 13.0. The van der Waals surface area contributed by atoms with Gasteiger partial charge >= 0.3 is 0 Å². The number of imidazole rings is 1. The number of aromatic nitrogens is 2. The lowest BCUT2D eigenvalue weighted by molar-refractivity contribution is 0.867. The van der Waals surface area contributed by atoms with Crippen LogP contribution in [0.2, 0.25) is 0 Å². The van der Waals surface area contributed by atoms with E-state index in [0.29, 0.717) is 12.5 Å². The fourth-order valence-electron chi connectivity index (χ4n) is 2.89. The molecule has 0 bridgehead atoms. The van der Waals surface area contributed by atoms with E-state index < -0.39 is 0 Å². The van der Waals surface area contributed by atoms with Crippen LogP contribution in [0.1, 0.15) is 36.6 Å². The summed E-state index contributed by atoms with van der Waals surface area (Å²) in [6.45, 7) is 7.14. The SMILES string of the molecule is Cc1cccn2c(-c3ccc(C(C)C)cc3)c(CCN)nc12.